The Morgan fingerprint density at radius 2 is 1.78 bits per heavy atom. The van der Waals surface area contributed by atoms with Crippen LogP contribution < -0.4 is 5.32 Å². The summed E-state index contributed by atoms with van der Waals surface area (Å²) in [5.41, 5.74) is 1.82. The first-order chi connectivity index (χ1) is 8.75. The predicted octanol–water partition coefficient (Wildman–Crippen LogP) is 2.34. The molecule has 0 aliphatic carbocycles. The molecule has 1 aromatic carbocycles. The van der Waals surface area contributed by atoms with Crippen LogP contribution in [0.3, 0.4) is 0 Å². The Morgan fingerprint density at radius 3 is 2.44 bits per heavy atom. The summed E-state index contributed by atoms with van der Waals surface area (Å²) in [5.74, 6) is -0.0580. The van der Waals surface area contributed by atoms with Gasteiger partial charge in [0.05, 0.1) is 0 Å². The number of carbonyl (C=O) groups is 1. The number of hydrogen-bond acceptors (Lipinski definition) is 3. The molecule has 0 atom stereocenters. The van der Waals surface area contributed by atoms with E-state index in [1.165, 1.54) is 0 Å². The van der Waals surface area contributed by atoms with E-state index >= 15 is 0 Å². The summed E-state index contributed by atoms with van der Waals surface area (Å²) in [6.45, 7) is 0.617. The number of carbonyl (C=O) groups excluding carboxylic acids is 1. The van der Waals surface area contributed by atoms with Gasteiger partial charge in [-0.15, -0.1) is 12.6 Å². The van der Waals surface area contributed by atoms with E-state index in [1.807, 2.05) is 12.1 Å². The molecule has 0 fully saturated rings. The SMILES string of the molecule is O=C(NCCc1ccncc1)c1ccc(S)cc1. The van der Waals surface area contributed by atoms with Crippen molar-refractivity contribution in [3.63, 3.8) is 0 Å². The first kappa shape index (κ1) is 12.6. The molecule has 0 saturated carbocycles. The number of nitrogens with one attached hydrogen (secondary N) is 1. The summed E-state index contributed by atoms with van der Waals surface area (Å²) in [5, 5.41) is 2.88. The molecule has 1 heterocycles. The lowest BCUT2D eigenvalue weighted by atomic mass is 10.2. The largest absolute Gasteiger partial charge is 0.352 e. The Balaban J connectivity index is 1.84. The van der Waals surface area contributed by atoms with Crippen LogP contribution in [0.4, 0.5) is 0 Å². The van der Waals surface area contributed by atoms with Crippen molar-refractivity contribution in [2.24, 2.45) is 0 Å². The third-order valence-electron chi connectivity index (χ3n) is 2.58. The zero-order chi connectivity index (χ0) is 12.8. The van der Waals surface area contributed by atoms with Crippen LogP contribution in [0.1, 0.15) is 15.9 Å². The van der Waals surface area contributed by atoms with Gasteiger partial charge in [-0.2, -0.15) is 0 Å². The minimum absolute atomic E-state index is 0.0580. The molecule has 1 N–H and O–H groups in total. The molecule has 4 heteroatoms. The Kier molecular flexibility index (Phi) is 4.36. The van der Waals surface area contributed by atoms with Crippen molar-refractivity contribution < 1.29 is 4.79 Å². The maximum absolute atomic E-state index is 11.8. The van der Waals surface area contributed by atoms with Gasteiger partial charge in [-0.1, -0.05) is 0 Å². The third kappa shape index (κ3) is 3.60. The maximum Gasteiger partial charge on any atom is 0.251 e. The second kappa shape index (κ2) is 6.21. The van der Waals surface area contributed by atoms with E-state index in [-0.39, 0.29) is 5.91 Å². The Hall–Kier alpha value is -1.81. The smallest absolute Gasteiger partial charge is 0.251 e. The molecule has 0 bridgehead atoms. The molecule has 0 aliphatic heterocycles. The third-order valence-corrected chi connectivity index (χ3v) is 2.88. The van der Waals surface area contributed by atoms with Crippen LogP contribution in [0.15, 0.2) is 53.7 Å². The molecule has 18 heavy (non-hydrogen) atoms. The zero-order valence-electron chi connectivity index (χ0n) is 9.84. The van der Waals surface area contributed by atoms with Crippen molar-refractivity contribution in [3.05, 3.63) is 59.9 Å². The highest BCUT2D eigenvalue weighted by Crippen LogP contribution is 2.07. The molecular weight excluding hydrogens is 244 g/mol. The van der Waals surface area contributed by atoms with Gasteiger partial charge in [0.15, 0.2) is 0 Å². The highest BCUT2D eigenvalue weighted by molar-refractivity contribution is 7.80. The highest BCUT2D eigenvalue weighted by Gasteiger charge is 2.03. The number of thiol groups is 1. The van der Waals surface area contributed by atoms with E-state index in [2.05, 4.69) is 22.9 Å². The van der Waals surface area contributed by atoms with Gasteiger partial charge in [0.2, 0.25) is 0 Å². The molecule has 2 aromatic rings. The lowest BCUT2D eigenvalue weighted by molar-refractivity contribution is 0.0954. The molecule has 0 radical (unpaired) electrons. The van der Waals surface area contributed by atoms with Gasteiger partial charge in [0, 0.05) is 29.4 Å². The number of benzene rings is 1. The molecule has 0 aliphatic rings. The van der Waals surface area contributed by atoms with Crippen molar-refractivity contribution in [3.8, 4) is 0 Å². The molecule has 92 valence electrons. The van der Waals surface area contributed by atoms with Crippen molar-refractivity contribution in [1.82, 2.24) is 10.3 Å². The van der Waals surface area contributed by atoms with Crippen LogP contribution in [-0.4, -0.2) is 17.4 Å². The van der Waals surface area contributed by atoms with Gasteiger partial charge in [-0.3, -0.25) is 9.78 Å². The first-order valence-electron chi connectivity index (χ1n) is 5.72. The number of aromatic nitrogens is 1. The van der Waals surface area contributed by atoms with Gasteiger partial charge in [0.25, 0.3) is 5.91 Å². The molecule has 1 aromatic heterocycles. The van der Waals surface area contributed by atoms with Gasteiger partial charge in [0.1, 0.15) is 0 Å². The molecule has 1 amide bonds. The second-order valence-electron chi connectivity index (χ2n) is 3.91. The van der Waals surface area contributed by atoms with Crippen molar-refractivity contribution in [1.29, 1.82) is 0 Å². The van der Waals surface area contributed by atoms with Crippen LogP contribution >= 0.6 is 12.6 Å². The summed E-state index contributed by atoms with van der Waals surface area (Å²) in [6, 6.07) is 11.0. The Labute approximate surface area is 112 Å². The normalized spacial score (nSPS) is 10.1. The van der Waals surface area contributed by atoms with Gasteiger partial charge < -0.3 is 5.32 Å². The van der Waals surface area contributed by atoms with E-state index in [0.29, 0.717) is 12.1 Å². The fraction of sp³-hybridized carbons (Fsp3) is 0.143. The highest BCUT2D eigenvalue weighted by atomic mass is 32.1. The van der Waals surface area contributed by atoms with Crippen molar-refractivity contribution in [2.45, 2.75) is 11.3 Å². The predicted molar refractivity (Wildman–Crippen MR) is 74.0 cm³/mol. The summed E-state index contributed by atoms with van der Waals surface area (Å²) in [7, 11) is 0. The quantitative estimate of drug-likeness (QED) is 0.827. The molecular formula is C14H14N2OS. The second-order valence-corrected chi connectivity index (χ2v) is 4.42. The standard InChI is InChI=1S/C14H14N2OS/c17-14(12-1-3-13(18)4-2-12)16-10-7-11-5-8-15-9-6-11/h1-6,8-9,18H,7,10H2,(H,16,17). The number of amides is 1. The number of pyridine rings is 1. The number of rotatable bonds is 4. The van der Waals surface area contributed by atoms with Crippen LogP contribution in [0.25, 0.3) is 0 Å². The lowest BCUT2D eigenvalue weighted by Crippen LogP contribution is -2.25. The average Bonchev–Trinajstić information content (AvgIpc) is 2.40. The van der Waals surface area contributed by atoms with E-state index in [0.717, 1.165) is 16.9 Å². The van der Waals surface area contributed by atoms with Crippen LogP contribution in [0.2, 0.25) is 0 Å². The minimum Gasteiger partial charge on any atom is -0.352 e. The molecule has 0 unspecified atom stereocenters. The average molecular weight is 258 g/mol. The Bertz CT molecular complexity index is 511. The number of nitrogens with zero attached hydrogens (tertiary/aromatic N) is 1. The lowest BCUT2D eigenvalue weighted by Gasteiger charge is -2.05. The molecule has 2 rings (SSSR count). The topological polar surface area (TPSA) is 42.0 Å². The zero-order valence-corrected chi connectivity index (χ0v) is 10.7. The fourth-order valence-electron chi connectivity index (χ4n) is 1.58. The van der Waals surface area contributed by atoms with Gasteiger partial charge in [-0.05, 0) is 48.4 Å². The van der Waals surface area contributed by atoms with Crippen LogP contribution in [-0.2, 0) is 6.42 Å². The van der Waals surface area contributed by atoms with E-state index in [1.54, 1.807) is 36.7 Å². The summed E-state index contributed by atoms with van der Waals surface area (Å²) < 4.78 is 0. The van der Waals surface area contributed by atoms with E-state index in [9.17, 15) is 4.79 Å². The van der Waals surface area contributed by atoms with Crippen LogP contribution in [0.5, 0.6) is 0 Å². The minimum atomic E-state index is -0.0580. The monoisotopic (exact) mass is 258 g/mol. The van der Waals surface area contributed by atoms with Gasteiger partial charge in [-0.25, -0.2) is 0 Å². The van der Waals surface area contributed by atoms with Crippen molar-refractivity contribution in [2.75, 3.05) is 6.54 Å². The molecule has 0 spiro atoms. The van der Waals surface area contributed by atoms with E-state index < -0.39 is 0 Å². The van der Waals surface area contributed by atoms with Crippen LogP contribution in [0, 0.1) is 0 Å². The maximum atomic E-state index is 11.8. The van der Waals surface area contributed by atoms with Crippen molar-refractivity contribution >= 4 is 18.5 Å². The first-order valence-corrected chi connectivity index (χ1v) is 6.16. The summed E-state index contributed by atoms with van der Waals surface area (Å²) in [4.78, 5) is 16.6. The van der Waals surface area contributed by atoms with Gasteiger partial charge >= 0.3 is 0 Å². The fourth-order valence-corrected chi connectivity index (χ4v) is 1.73. The molecule has 3 nitrogen and oxygen atoms in total. The summed E-state index contributed by atoms with van der Waals surface area (Å²) in [6.07, 6.45) is 4.31. The van der Waals surface area contributed by atoms with E-state index in [4.69, 9.17) is 0 Å². The number of hydrogen-bond donors (Lipinski definition) is 2. The Morgan fingerprint density at radius 1 is 1.11 bits per heavy atom. The summed E-state index contributed by atoms with van der Waals surface area (Å²) >= 11 is 4.18. The molecule has 0 saturated heterocycles.